The standard InChI is InChI=1S/C12H14N2/c1-14-12-6-5-10-7-9(8-13)3-2-4-11(10)12/h2,4,7,12,14H,3,5-6H2,1H3/t12-/m0/s1. The van der Waals surface area contributed by atoms with E-state index in [-0.39, 0.29) is 0 Å². The highest BCUT2D eigenvalue weighted by molar-refractivity contribution is 5.47. The fourth-order valence-electron chi connectivity index (χ4n) is 2.16. The summed E-state index contributed by atoms with van der Waals surface area (Å²) in [5.41, 5.74) is 3.59. The number of hydrogen-bond acceptors (Lipinski definition) is 2. The third-order valence-electron chi connectivity index (χ3n) is 2.92. The lowest BCUT2D eigenvalue weighted by Gasteiger charge is -2.09. The first kappa shape index (κ1) is 9.23. The molecule has 0 aliphatic heterocycles. The van der Waals surface area contributed by atoms with E-state index in [4.69, 9.17) is 5.26 Å². The largest absolute Gasteiger partial charge is 0.313 e. The molecule has 2 nitrogen and oxygen atoms in total. The Bertz CT molecular complexity index is 366. The number of nitrogens with zero attached hydrogens (tertiary/aromatic N) is 1. The van der Waals surface area contributed by atoms with Crippen LogP contribution in [0.1, 0.15) is 19.3 Å². The quantitative estimate of drug-likeness (QED) is 0.680. The van der Waals surface area contributed by atoms with Crippen molar-refractivity contribution in [2.75, 3.05) is 7.05 Å². The van der Waals surface area contributed by atoms with Crippen LogP contribution in [0.25, 0.3) is 0 Å². The number of nitrogens with one attached hydrogen (secondary N) is 1. The fourth-order valence-corrected chi connectivity index (χ4v) is 2.16. The number of allylic oxidation sites excluding steroid dienone is 4. The van der Waals surface area contributed by atoms with Gasteiger partial charge in [-0.25, -0.2) is 0 Å². The highest BCUT2D eigenvalue weighted by Gasteiger charge is 2.22. The Labute approximate surface area is 84.6 Å². The first-order chi connectivity index (χ1) is 6.85. The van der Waals surface area contributed by atoms with E-state index < -0.39 is 0 Å². The highest BCUT2D eigenvalue weighted by Crippen LogP contribution is 2.31. The van der Waals surface area contributed by atoms with Gasteiger partial charge in [-0.3, -0.25) is 0 Å². The summed E-state index contributed by atoms with van der Waals surface area (Å²) in [5, 5.41) is 12.2. The van der Waals surface area contributed by atoms with Crippen molar-refractivity contribution in [3.8, 4) is 6.07 Å². The van der Waals surface area contributed by atoms with Crippen LogP contribution in [0, 0.1) is 11.3 Å². The molecule has 2 heteroatoms. The van der Waals surface area contributed by atoms with Gasteiger partial charge in [0.2, 0.25) is 0 Å². The average molecular weight is 186 g/mol. The topological polar surface area (TPSA) is 35.8 Å². The molecule has 0 saturated carbocycles. The minimum absolute atomic E-state index is 0.482. The molecule has 0 aromatic rings. The van der Waals surface area contributed by atoms with Crippen LogP contribution in [-0.4, -0.2) is 13.1 Å². The van der Waals surface area contributed by atoms with E-state index in [0.29, 0.717) is 6.04 Å². The summed E-state index contributed by atoms with van der Waals surface area (Å²) in [6.45, 7) is 0. The van der Waals surface area contributed by atoms with Crippen molar-refractivity contribution in [3.63, 3.8) is 0 Å². The molecule has 2 rings (SSSR count). The Kier molecular flexibility index (Phi) is 2.51. The van der Waals surface area contributed by atoms with Crippen molar-refractivity contribution in [3.05, 3.63) is 34.9 Å². The van der Waals surface area contributed by atoms with Crippen LogP contribution >= 0.6 is 0 Å². The van der Waals surface area contributed by atoms with Gasteiger partial charge in [-0.2, -0.15) is 5.26 Å². The molecule has 0 heterocycles. The molecule has 0 saturated heterocycles. The molecule has 1 atom stereocenters. The predicted octanol–water partition coefficient (Wildman–Crippen LogP) is 2.07. The summed E-state index contributed by atoms with van der Waals surface area (Å²) < 4.78 is 0. The maximum atomic E-state index is 8.87. The van der Waals surface area contributed by atoms with Crippen LogP contribution in [-0.2, 0) is 0 Å². The molecule has 0 bridgehead atoms. The van der Waals surface area contributed by atoms with Gasteiger partial charge < -0.3 is 5.32 Å². The van der Waals surface area contributed by atoms with E-state index in [9.17, 15) is 0 Å². The summed E-state index contributed by atoms with van der Waals surface area (Å²) in [7, 11) is 1.99. The minimum atomic E-state index is 0.482. The second kappa shape index (κ2) is 3.81. The van der Waals surface area contributed by atoms with Crippen molar-refractivity contribution < 1.29 is 0 Å². The molecular formula is C12H14N2. The Morgan fingerprint density at radius 1 is 1.57 bits per heavy atom. The normalized spacial score (nSPS) is 25.4. The lowest BCUT2D eigenvalue weighted by Crippen LogP contribution is -2.23. The number of likely N-dealkylation sites (N-methyl/N-ethyl adjacent to an activating group) is 1. The van der Waals surface area contributed by atoms with E-state index in [2.05, 4.69) is 29.6 Å². The van der Waals surface area contributed by atoms with Gasteiger partial charge in [0.1, 0.15) is 0 Å². The van der Waals surface area contributed by atoms with Gasteiger partial charge >= 0.3 is 0 Å². The smallest absolute Gasteiger partial charge is 0.0950 e. The summed E-state index contributed by atoms with van der Waals surface area (Å²) in [6.07, 6.45) is 9.35. The fraction of sp³-hybridized carbons (Fsp3) is 0.417. The minimum Gasteiger partial charge on any atom is -0.313 e. The molecule has 0 unspecified atom stereocenters. The number of hydrogen-bond donors (Lipinski definition) is 1. The second-order valence-corrected chi connectivity index (χ2v) is 3.75. The molecule has 2 aliphatic carbocycles. The molecule has 0 aromatic heterocycles. The number of nitriles is 1. The van der Waals surface area contributed by atoms with Crippen LogP contribution in [0.3, 0.4) is 0 Å². The molecule has 0 aromatic carbocycles. The van der Waals surface area contributed by atoms with Crippen molar-refractivity contribution in [2.24, 2.45) is 0 Å². The van der Waals surface area contributed by atoms with Crippen molar-refractivity contribution >= 4 is 0 Å². The SMILES string of the molecule is CN[C@H]1CCC2=C1C=CCC(C#N)=C2. The van der Waals surface area contributed by atoms with E-state index in [0.717, 1.165) is 24.8 Å². The van der Waals surface area contributed by atoms with Gasteiger partial charge in [0, 0.05) is 18.0 Å². The van der Waals surface area contributed by atoms with Gasteiger partial charge in [-0.05, 0) is 37.1 Å². The highest BCUT2D eigenvalue weighted by atomic mass is 14.9. The Morgan fingerprint density at radius 3 is 3.14 bits per heavy atom. The first-order valence-corrected chi connectivity index (χ1v) is 5.02. The van der Waals surface area contributed by atoms with Crippen molar-refractivity contribution in [1.29, 1.82) is 5.26 Å². The van der Waals surface area contributed by atoms with Crippen LogP contribution in [0.15, 0.2) is 34.9 Å². The average Bonchev–Trinajstić information content (AvgIpc) is 2.47. The molecule has 1 N–H and O–H groups in total. The lowest BCUT2D eigenvalue weighted by atomic mass is 10.1. The van der Waals surface area contributed by atoms with E-state index in [1.54, 1.807) is 0 Å². The molecule has 14 heavy (non-hydrogen) atoms. The third-order valence-corrected chi connectivity index (χ3v) is 2.92. The summed E-state index contributed by atoms with van der Waals surface area (Å²) >= 11 is 0. The summed E-state index contributed by atoms with van der Waals surface area (Å²) in [4.78, 5) is 0. The van der Waals surface area contributed by atoms with Gasteiger partial charge in [0.05, 0.1) is 6.07 Å². The van der Waals surface area contributed by atoms with Gasteiger partial charge in [-0.1, -0.05) is 12.2 Å². The molecule has 2 aliphatic rings. The lowest BCUT2D eigenvalue weighted by molar-refractivity contribution is 0.635. The first-order valence-electron chi connectivity index (χ1n) is 5.02. The monoisotopic (exact) mass is 186 g/mol. The van der Waals surface area contributed by atoms with Crippen LogP contribution in [0.5, 0.6) is 0 Å². The maximum Gasteiger partial charge on any atom is 0.0950 e. The zero-order valence-electron chi connectivity index (χ0n) is 8.38. The molecular weight excluding hydrogens is 172 g/mol. The van der Waals surface area contributed by atoms with Crippen molar-refractivity contribution in [2.45, 2.75) is 25.3 Å². The van der Waals surface area contributed by atoms with Crippen molar-refractivity contribution in [1.82, 2.24) is 5.32 Å². The van der Waals surface area contributed by atoms with E-state index >= 15 is 0 Å². The molecule has 72 valence electrons. The molecule has 0 fully saturated rings. The zero-order valence-corrected chi connectivity index (χ0v) is 8.38. The molecule has 0 amide bonds. The number of rotatable bonds is 1. The Hall–Kier alpha value is -1.33. The van der Waals surface area contributed by atoms with Crippen LogP contribution in [0.4, 0.5) is 0 Å². The third kappa shape index (κ3) is 1.51. The van der Waals surface area contributed by atoms with Gasteiger partial charge in [0.25, 0.3) is 0 Å². The molecule has 0 spiro atoms. The Morgan fingerprint density at radius 2 is 2.43 bits per heavy atom. The zero-order chi connectivity index (χ0) is 9.97. The van der Waals surface area contributed by atoms with E-state index in [1.807, 2.05) is 7.05 Å². The predicted molar refractivity (Wildman–Crippen MR) is 56.6 cm³/mol. The molecule has 0 radical (unpaired) electrons. The van der Waals surface area contributed by atoms with Crippen LogP contribution in [0.2, 0.25) is 0 Å². The summed E-state index contributed by atoms with van der Waals surface area (Å²) in [6, 6.07) is 2.73. The Balaban J connectivity index is 2.36. The summed E-state index contributed by atoms with van der Waals surface area (Å²) in [5.74, 6) is 0. The van der Waals surface area contributed by atoms with Crippen LogP contribution < -0.4 is 5.32 Å². The van der Waals surface area contributed by atoms with Gasteiger partial charge in [-0.15, -0.1) is 0 Å². The van der Waals surface area contributed by atoms with E-state index in [1.165, 1.54) is 11.1 Å². The maximum absolute atomic E-state index is 8.87. The second-order valence-electron chi connectivity index (χ2n) is 3.75. The van der Waals surface area contributed by atoms with Gasteiger partial charge in [0.15, 0.2) is 0 Å².